The van der Waals surface area contributed by atoms with Gasteiger partial charge in [0.1, 0.15) is 5.69 Å². The van der Waals surface area contributed by atoms with Gasteiger partial charge in [-0.25, -0.2) is 8.42 Å². The number of nitrogens with one attached hydrogen (secondary N) is 2. The van der Waals surface area contributed by atoms with Crippen molar-refractivity contribution in [2.24, 2.45) is 5.41 Å². The molecule has 3 N–H and O–H groups in total. The van der Waals surface area contributed by atoms with Crippen LogP contribution in [0.4, 0.5) is 17.1 Å². The molecule has 1 aromatic heterocycles. The van der Waals surface area contributed by atoms with Crippen molar-refractivity contribution < 1.29 is 18.3 Å². The first-order valence-corrected chi connectivity index (χ1v) is 13.3. The number of amides is 1. The number of carbonyl (C=O) groups is 1. The van der Waals surface area contributed by atoms with Crippen molar-refractivity contribution in [3.05, 3.63) is 52.4 Å². The molecule has 1 aromatic carbocycles. The highest BCUT2D eigenvalue weighted by atomic mass is 32.2. The van der Waals surface area contributed by atoms with Gasteiger partial charge in [-0.3, -0.25) is 14.3 Å². The summed E-state index contributed by atoms with van der Waals surface area (Å²) in [5, 5.41) is 11.8. The minimum Gasteiger partial charge on any atom is -0.395 e. The standard InChI is InChI=1S/C24H32N4O5S/c1-17(2)28-11-3-4-20(23(28)31)25-22(30)19-6-5-18(26-34(32,33)15-14-29)16-21(19)27-12-9-24(7-8-24)10-13-27/h3-6,11,16-17,26,29H,7-10,12-15H2,1-2H3,(H,25,30). The molecule has 2 heterocycles. The highest BCUT2D eigenvalue weighted by Gasteiger charge is 2.44. The number of pyridine rings is 1. The van der Waals surface area contributed by atoms with Crippen LogP contribution < -0.4 is 20.5 Å². The number of piperidine rings is 1. The lowest BCUT2D eigenvalue weighted by atomic mass is 9.93. The van der Waals surface area contributed by atoms with Crippen molar-refractivity contribution in [3.63, 3.8) is 0 Å². The molecule has 2 aliphatic rings. The third-order valence-electron chi connectivity index (χ3n) is 6.78. The zero-order chi connectivity index (χ0) is 24.5. The van der Waals surface area contributed by atoms with Crippen LogP contribution >= 0.6 is 0 Å². The normalized spacial score (nSPS) is 17.1. The predicted octanol–water partition coefficient (Wildman–Crippen LogP) is 2.80. The monoisotopic (exact) mass is 488 g/mol. The number of sulfonamides is 1. The van der Waals surface area contributed by atoms with Crippen LogP contribution in [0.5, 0.6) is 0 Å². The van der Waals surface area contributed by atoms with Crippen molar-refractivity contribution in [2.45, 2.75) is 45.6 Å². The number of nitrogens with zero attached hydrogens (tertiary/aromatic N) is 2. The lowest BCUT2D eigenvalue weighted by Crippen LogP contribution is -2.36. The van der Waals surface area contributed by atoms with E-state index in [1.54, 1.807) is 35.0 Å². The van der Waals surface area contributed by atoms with Crippen molar-refractivity contribution >= 4 is 33.0 Å². The minimum absolute atomic E-state index is 0.0470. The van der Waals surface area contributed by atoms with Crippen LogP contribution in [0.25, 0.3) is 0 Å². The molecule has 0 radical (unpaired) electrons. The van der Waals surface area contributed by atoms with Crippen LogP contribution in [0, 0.1) is 5.41 Å². The second-order valence-corrected chi connectivity index (χ2v) is 11.4. The average Bonchev–Trinajstić information content (AvgIpc) is 3.53. The van der Waals surface area contributed by atoms with Gasteiger partial charge < -0.3 is 19.9 Å². The Morgan fingerprint density at radius 2 is 1.85 bits per heavy atom. The number of carbonyl (C=O) groups excluding carboxylic acids is 1. The number of aliphatic hydroxyl groups excluding tert-OH is 1. The van der Waals surface area contributed by atoms with E-state index in [1.807, 2.05) is 13.8 Å². The fourth-order valence-corrected chi connectivity index (χ4v) is 5.33. The molecule has 2 fully saturated rings. The minimum atomic E-state index is -3.70. The molecule has 4 rings (SSSR count). The quantitative estimate of drug-likeness (QED) is 0.526. The molecule has 10 heteroatoms. The van der Waals surface area contributed by atoms with E-state index in [-0.39, 0.29) is 17.3 Å². The van der Waals surface area contributed by atoms with Gasteiger partial charge >= 0.3 is 0 Å². The summed E-state index contributed by atoms with van der Waals surface area (Å²) >= 11 is 0. The van der Waals surface area contributed by atoms with Crippen LogP contribution in [0.2, 0.25) is 0 Å². The number of hydrogen-bond acceptors (Lipinski definition) is 6. The molecular weight excluding hydrogens is 456 g/mol. The summed E-state index contributed by atoms with van der Waals surface area (Å²) < 4.78 is 28.4. The first-order chi connectivity index (χ1) is 16.1. The number of benzene rings is 1. The SMILES string of the molecule is CC(C)n1cccc(NC(=O)c2ccc(NS(=O)(=O)CCO)cc2N2CCC3(CC2)CC3)c1=O. The van der Waals surface area contributed by atoms with E-state index < -0.39 is 28.3 Å². The van der Waals surface area contributed by atoms with E-state index in [4.69, 9.17) is 5.11 Å². The van der Waals surface area contributed by atoms with Gasteiger partial charge in [-0.15, -0.1) is 0 Å². The zero-order valence-corrected chi connectivity index (χ0v) is 20.4. The van der Waals surface area contributed by atoms with Crippen LogP contribution in [-0.2, 0) is 10.0 Å². The molecule has 34 heavy (non-hydrogen) atoms. The Kier molecular flexibility index (Phi) is 6.73. The van der Waals surface area contributed by atoms with Crippen LogP contribution in [-0.4, -0.2) is 49.4 Å². The Morgan fingerprint density at radius 1 is 1.15 bits per heavy atom. The van der Waals surface area contributed by atoms with E-state index in [0.717, 1.165) is 25.9 Å². The number of hydrogen-bond donors (Lipinski definition) is 3. The Bertz CT molecular complexity index is 1220. The Labute approximate surface area is 199 Å². The van der Waals surface area contributed by atoms with Gasteiger partial charge in [0, 0.05) is 25.3 Å². The number of anilines is 3. The molecule has 1 aliphatic heterocycles. The van der Waals surface area contributed by atoms with Crippen LogP contribution in [0.15, 0.2) is 41.3 Å². The van der Waals surface area contributed by atoms with E-state index >= 15 is 0 Å². The average molecular weight is 489 g/mol. The molecule has 1 aliphatic carbocycles. The molecule has 1 saturated heterocycles. The zero-order valence-electron chi connectivity index (χ0n) is 19.6. The Morgan fingerprint density at radius 3 is 2.47 bits per heavy atom. The maximum absolute atomic E-state index is 13.3. The summed E-state index contributed by atoms with van der Waals surface area (Å²) in [7, 11) is -3.70. The van der Waals surface area contributed by atoms with Crippen LogP contribution in [0.3, 0.4) is 0 Å². The Hall–Kier alpha value is -2.85. The molecule has 1 spiro atoms. The van der Waals surface area contributed by atoms with Gasteiger partial charge in [-0.2, -0.15) is 0 Å². The van der Waals surface area contributed by atoms with E-state index in [2.05, 4.69) is 14.9 Å². The second kappa shape index (κ2) is 9.42. The third kappa shape index (κ3) is 5.28. The van der Waals surface area contributed by atoms with Crippen molar-refractivity contribution in [1.29, 1.82) is 0 Å². The molecule has 184 valence electrons. The first kappa shape index (κ1) is 24.3. The smallest absolute Gasteiger partial charge is 0.274 e. The maximum atomic E-state index is 13.3. The Balaban J connectivity index is 1.64. The fraction of sp³-hybridized carbons (Fsp3) is 0.500. The summed E-state index contributed by atoms with van der Waals surface area (Å²) in [6.45, 7) is 4.86. The largest absolute Gasteiger partial charge is 0.395 e. The summed E-state index contributed by atoms with van der Waals surface area (Å²) in [4.78, 5) is 28.2. The van der Waals surface area contributed by atoms with Crippen molar-refractivity contribution in [1.82, 2.24) is 4.57 Å². The van der Waals surface area contributed by atoms with Gasteiger partial charge in [0.25, 0.3) is 11.5 Å². The lowest BCUT2D eigenvalue weighted by molar-refractivity contribution is 0.102. The molecular formula is C24H32N4O5S. The van der Waals surface area contributed by atoms with Gasteiger partial charge in [0.2, 0.25) is 10.0 Å². The molecule has 2 aromatic rings. The first-order valence-electron chi connectivity index (χ1n) is 11.7. The molecule has 0 unspecified atom stereocenters. The van der Waals surface area contributed by atoms with Gasteiger partial charge in [0.05, 0.1) is 29.3 Å². The fourth-order valence-electron chi connectivity index (χ4n) is 4.50. The maximum Gasteiger partial charge on any atom is 0.274 e. The number of aromatic nitrogens is 1. The number of rotatable bonds is 8. The third-order valence-corrected chi connectivity index (χ3v) is 8.04. The highest BCUT2D eigenvalue weighted by Crippen LogP contribution is 2.54. The lowest BCUT2D eigenvalue weighted by Gasteiger charge is -2.35. The summed E-state index contributed by atoms with van der Waals surface area (Å²) in [5.74, 6) is -0.836. The van der Waals surface area contributed by atoms with Crippen molar-refractivity contribution in [3.8, 4) is 0 Å². The summed E-state index contributed by atoms with van der Waals surface area (Å²) in [6.07, 6.45) is 6.23. The van der Waals surface area contributed by atoms with Crippen LogP contribution in [0.1, 0.15) is 55.9 Å². The summed E-state index contributed by atoms with van der Waals surface area (Å²) in [5.41, 5.74) is 1.66. The van der Waals surface area contributed by atoms with E-state index in [1.165, 1.54) is 18.9 Å². The highest BCUT2D eigenvalue weighted by molar-refractivity contribution is 7.92. The number of aliphatic hydroxyl groups is 1. The molecule has 9 nitrogen and oxygen atoms in total. The predicted molar refractivity (Wildman–Crippen MR) is 133 cm³/mol. The van der Waals surface area contributed by atoms with Crippen molar-refractivity contribution in [2.75, 3.05) is 40.4 Å². The van der Waals surface area contributed by atoms with E-state index in [9.17, 15) is 18.0 Å². The van der Waals surface area contributed by atoms with Gasteiger partial charge in [-0.1, -0.05) is 0 Å². The van der Waals surface area contributed by atoms with E-state index in [0.29, 0.717) is 22.4 Å². The molecule has 0 atom stereocenters. The molecule has 1 amide bonds. The topological polar surface area (TPSA) is 121 Å². The molecule has 0 bridgehead atoms. The molecule has 1 saturated carbocycles. The summed E-state index contributed by atoms with van der Waals surface area (Å²) in [6, 6.07) is 8.01. The second-order valence-electron chi connectivity index (χ2n) is 9.55. The van der Waals surface area contributed by atoms with Gasteiger partial charge in [-0.05, 0) is 75.3 Å². The van der Waals surface area contributed by atoms with Gasteiger partial charge in [0.15, 0.2) is 0 Å².